The Kier molecular flexibility index (Phi) is 5.21. The van der Waals surface area contributed by atoms with Crippen molar-refractivity contribution in [3.8, 4) is 5.69 Å². The molecule has 1 aliphatic rings. The fraction of sp³-hybridized carbons (Fsp3) is 0.238. The van der Waals surface area contributed by atoms with Crippen LogP contribution in [0.25, 0.3) is 5.69 Å². The SMILES string of the molecule is COCCN1C(=O)c2ccccc2NC1c1cnn(-c2ccc(C(F)(F)F)cc2)c1. The van der Waals surface area contributed by atoms with Gasteiger partial charge in [0.25, 0.3) is 5.91 Å². The number of halogens is 3. The van der Waals surface area contributed by atoms with Gasteiger partial charge in [-0.25, -0.2) is 4.68 Å². The van der Waals surface area contributed by atoms with Gasteiger partial charge in [-0.05, 0) is 36.4 Å². The lowest BCUT2D eigenvalue weighted by molar-refractivity contribution is -0.137. The number of hydrogen-bond donors (Lipinski definition) is 1. The van der Waals surface area contributed by atoms with E-state index in [-0.39, 0.29) is 5.91 Å². The molecule has 0 radical (unpaired) electrons. The number of fused-ring (bicyclic) bond motifs is 1. The summed E-state index contributed by atoms with van der Waals surface area (Å²) >= 11 is 0. The number of alkyl halides is 3. The normalized spacial score (nSPS) is 16.3. The van der Waals surface area contributed by atoms with Crippen LogP contribution < -0.4 is 5.32 Å². The summed E-state index contributed by atoms with van der Waals surface area (Å²) in [6, 6.07) is 12.0. The molecular weight excluding hydrogens is 397 g/mol. The van der Waals surface area contributed by atoms with E-state index in [2.05, 4.69) is 10.4 Å². The largest absolute Gasteiger partial charge is 0.416 e. The molecule has 9 heteroatoms. The number of carbonyl (C=O) groups is 1. The van der Waals surface area contributed by atoms with E-state index < -0.39 is 17.9 Å². The molecule has 6 nitrogen and oxygen atoms in total. The highest BCUT2D eigenvalue weighted by atomic mass is 19.4. The molecule has 0 saturated heterocycles. The Morgan fingerprint density at radius 3 is 2.57 bits per heavy atom. The van der Waals surface area contributed by atoms with Crippen molar-refractivity contribution in [3.63, 3.8) is 0 Å². The molecule has 0 aliphatic carbocycles. The standard InChI is InChI=1S/C21H19F3N4O2/c1-30-11-10-27-19(26-18-5-3-2-4-17(18)20(27)29)14-12-25-28(13-14)16-8-6-15(7-9-16)21(22,23)24/h2-9,12-13,19,26H,10-11H2,1H3. The van der Waals surface area contributed by atoms with E-state index in [4.69, 9.17) is 4.74 Å². The van der Waals surface area contributed by atoms with Crippen LogP contribution >= 0.6 is 0 Å². The van der Waals surface area contributed by atoms with Crippen molar-refractivity contribution in [1.82, 2.24) is 14.7 Å². The Bertz CT molecular complexity index is 1050. The number of ether oxygens (including phenoxy) is 1. The second kappa shape index (κ2) is 7.83. The topological polar surface area (TPSA) is 59.4 Å². The smallest absolute Gasteiger partial charge is 0.383 e. The van der Waals surface area contributed by atoms with Crippen LogP contribution in [0.4, 0.5) is 18.9 Å². The van der Waals surface area contributed by atoms with E-state index in [1.165, 1.54) is 16.8 Å². The van der Waals surface area contributed by atoms with Crippen molar-refractivity contribution < 1.29 is 22.7 Å². The first-order valence-electron chi connectivity index (χ1n) is 9.26. The van der Waals surface area contributed by atoms with Crippen molar-refractivity contribution in [3.05, 3.63) is 77.6 Å². The number of aromatic nitrogens is 2. The van der Waals surface area contributed by atoms with Gasteiger partial charge < -0.3 is 15.0 Å². The summed E-state index contributed by atoms with van der Waals surface area (Å²) in [5, 5.41) is 7.62. The van der Waals surface area contributed by atoms with Gasteiger partial charge in [-0.3, -0.25) is 4.79 Å². The zero-order valence-corrected chi connectivity index (χ0v) is 16.1. The number of methoxy groups -OCH3 is 1. The lowest BCUT2D eigenvalue weighted by Crippen LogP contribution is -2.44. The Morgan fingerprint density at radius 2 is 1.87 bits per heavy atom. The second-order valence-electron chi connectivity index (χ2n) is 6.85. The molecule has 156 valence electrons. The summed E-state index contributed by atoms with van der Waals surface area (Å²) < 4.78 is 45.0. The molecule has 30 heavy (non-hydrogen) atoms. The van der Waals surface area contributed by atoms with Crippen LogP contribution in [0.5, 0.6) is 0 Å². The van der Waals surface area contributed by atoms with Crippen LogP contribution in [0.2, 0.25) is 0 Å². The monoisotopic (exact) mass is 416 g/mol. The molecule has 1 amide bonds. The van der Waals surface area contributed by atoms with Crippen molar-refractivity contribution in [2.45, 2.75) is 12.3 Å². The summed E-state index contributed by atoms with van der Waals surface area (Å²) in [6.07, 6.45) is -1.58. The number of rotatable bonds is 5. The highest BCUT2D eigenvalue weighted by molar-refractivity contribution is 6.01. The Balaban J connectivity index is 1.64. The van der Waals surface area contributed by atoms with E-state index in [0.717, 1.165) is 12.1 Å². The number of nitrogens with zero attached hydrogens (tertiary/aromatic N) is 3. The van der Waals surface area contributed by atoms with Crippen LogP contribution in [-0.4, -0.2) is 40.8 Å². The quantitative estimate of drug-likeness (QED) is 0.680. The van der Waals surface area contributed by atoms with Gasteiger partial charge in [0.05, 0.1) is 29.6 Å². The first-order chi connectivity index (χ1) is 14.4. The maximum Gasteiger partial charge on any atom is 0.416 e. The van der Waals surface area contributed by atoms with Gasteiger partial charge in [0.2, 0.25) is 0 Å². The van der Waals surface area contributed by atoms with Gasteiger partial charge in [-0.15, -0.1) is 0 Å². The van der Waals surface area contributed by atoms with Crippen molar-refractivity contribution in [2.24, 2.45) is 0 Å². The number of benzene rings is 2. The summed E-state index contributed by atoms with van der Waals surface area (Å²) in [6.45, 7) is 0.728. The van der Waals surface area contributed by atoms with E-state index in [9.17, 15) is 18.0 Å². The predicted octanol–water partition coefficient (Wildman–Crippen LogP) is 4.10. The first-order valence-corrected chi connectivity index (χ1v) is 9.26. The summed E-state index contributed by atoms with van der Waals surface area (Å²) in [5.74, 6) is -0.131. The number of carbonyl (C=O) groups excluding carboxylic acids is 1. The molecule has 1 N–H and O–H groups in total. The van der Waals surface area contributed by atoms with Gasteiger partial charge in [0.1, 0.15) is 6.17 Å². The number of para-hydroxylation sites is 1. The second-order valence-corrected chi connectivity index (χ2v) is 6.85. The van der Waals surface area contributed by atoms with E-state index in [1.807, 2.05) is 12.1 Å². The van der Waals surface area contributed by atoms with Crippen LogP contribution in [0.3, 0.4) is 0 Å². The molecule has 1 atom stereocenters. The first kappa shape index (κ1) is 20.0. The van der Waals surface area contributed by atoms with Crippen LogP contribution in [0, 0.1) is 0 Å². The van der Waals surface area contributed by atoms with Crippen LogP contribution in [-0.2, 0) is 10.9 Å². The molecular formula is C21H19F3N4O2. The maximum absolute atomic E-state index is 13.0. The van der Waals surface area contributed by atoms with E-state index in [0.29, 0.717) is 35.7 Å². The lowest BCUT2D eigenvalue weighted by Gasteiger charge is -2.37. The molecule has 1 unspecified atom stereocenters. The van der Waals surface area contributed by atoms with Gasteiger partial charge in [0.15, 0.2) is 0 Å². The lowest BCUT2D eigenvalue weighted by atomic mass is 10.1. The third-order valence-corrected chi connectivity index (χ3v) is 4.94. The minimum absolute atomic E-state index is 0.131. The molecule has 0 bridgehead atoms. The minimum Gasteiger partial charge on any atom is -0.383 e. The third-order valence-electron chi connectivity index (χ3n) is 4.94. The highest BCUT2D eigenvalue weighted by Gasteiger charge is 2.33. The molecule has 1 aliphatic heterocycles. The minimum atomic E-state index is -4.39. The van der Waals surface area contributed by atoms with Crippen molar-refractivity contribution in [1.29, 1.82) is 0 Å². The number of amides is 1. The zero-order valence-electron chi connectivity index (χ0n) is 16.1. The van der Waals surface area contributed by atoms with E-state index >= 15 is 0 Å². The Hall–Kier alpha value is -3.33. The average Bonchev–Trinajstić information content (AvgIpc) is 3.22. The highest BCUT2D eigenvalue weighted by Crippen LogP contribution is 2.33. The number of anilines is 1. The Labute approximate surface area is 170 Å². The van der Waals surface area contributed by atoms with Crippen LogP contribution in [0.1, 0.15) is 27.7 Å². The zero-order chi connectivity index (χ0) is 21.3. The van der Waals surface area contributed by atoms with E-state index in [1.54, 1.807) is 36.5 Å². The number of nitrogens with one attached hydrogen (secondary N) is 1. The molecule has 3 aromatic rings. The molecule has 0 spiro atoms. The van der Waals surface area contributed by atoms with Gasteiger partial charge in [-0.2, -0.15) is 18.3 Å². The fourth-order valence-corrected chi connectivity index (χ4v) is 3.40. The predicted molar refractivity (Wildman–Crippen MR) is 104 cm³/mol. The molecule has 1 aromatic heterocycles. The van der Waals surface area contributed by atoms with Crippen molar-refractivity contribution in [2.75, 3.05) is 25.6 Å². The van der Waals surface area contributed by atoms with Crippen molar-refractivity contribution >= 4 is 11.6 Å². The van der Waals surface area contributed by atoms with Crippen LogP contribution in [0.15, 0.2) is 60.9 Å². The van der Waals surface area contributed by atoms with Gasteiger partial charge >= 0.3 is 6.18 Å². The molecule has 0 saturated carbocycles. The molecule has 0 fully saturated rings. The number of hydrogen-bond acceptors (Lipinski definition) is 4. The molecule has 4 rings (SSSR count). The van der Waals surface area contributed by atoms with Gasteiger partial charge in [0, 0.05) is 31.1 Å². The molecule has 2 aromatic carbocycles. The fourth-order valence-electron chi connectivity index (χ4n) is 3.40. The average molecular weight is 416 g/mol. The van der Waals surface area contributed by atoms with Gasteiger partial charge in [-0.1, -0.05) is 12.1 Å². The summed E-state index contributed by atoms with van der Waals surface area (Å²) in [5.41, 5.74) is 1.75. The molecule has 2 heterocycles. The third kappa shape index (κ3) is 3.76. The summed E-state index contributed by atoms with van der Waals surface area (Å²) in [7, 11) is 1.56. The maximum atomic E-state index is 13.0. The summed E-state index contributed by atoms with van der Waals surface area (Å²) in [4.78, 5) is 14.7. The Morgan fingerprint density at radius 1 is 1.13 bits per heavy atom.